The molecule has 2 aromatic carbocycles. The molecule has 0 N–H and O–H groups in total. The van der Waals surface area contributed by atoms with Crippen LogP contribution in [0, 0.1) is 6.92 Å². The largest absolute Gasteiger partial charge is 0.493 e. The minimum atomic E-state index is -0.701. The van der Waals surface area contributed by atoms with Crippen LogP contribution in [0.25, 0.3) is 0 Å². The van der Waals surface area contributed by atoms with E-state index in [9.17, 15) is 4.79 Å². The Hall–Kier alpha value is -2.49. The predicted molar refractivity (Wildman–Crippen MR) is 86.2 cm³/mol. The van der Waals surface area contributed by atoms with E-state index in [1.807, 2.05) is 55.5 Å². The first-order valence-electron chi connectivity index (χ1n) is 7.10. The van der Waals surface area contributed by atoms with Crippen LogP contribution in [0.15, 0.2) is 48.5 Å². The molecule has 2 aromatic rings. The fourth-order valence-corrected chi connectivity index (χ4v) is 2.12. The molecule has 0 aliphatic heterocycles. The number of nitrogens with zero attached hydrogens (tertiary/aromatic N) is 1. The summed E-state index contributed by atoms with van der Waals surface area (Å²) >= 11 is 0. The smallest absolute Gasteiger partial charge is 0.267 e. The Morgan fingerprint density at radius 1 is 1.05 bits per heavy atom. The second-order valence-electron chi connectivity index (χ2n) is 5.30. The first kappa shape index (κ1) is 15.9. The fraction of sp³-hybridized carbons (Fsp3) is 0.278. The highest BCUT2D eigenvalue weighted by molar-refractivity contribution is 5.82. The zero-order valence-corrected chi connectivity index (χ0v) is 13.4. The number of carbonyl (C=O) groups excluding carboxylic acids is 1. The molecule has 0 saturated carbocycles. The van der Waals surface area contributed by atoms with Gasteiger partial charge in [0.05, 0.1) is 7.11 Å². The lowest BCUT2D eigenvalue weighted by molar-refractivity contribution is -0.136. The highest BCUT2D eigenvalue weighted by Crippen LogP contribution is 2.32. The predicted octanol–water partition coefficient (Wildman–Crippen LogP) is 3.21. The molecular formula is C18H21NO3. The van der Waals surface area contributed by atoms with Crippen molar-refractivity contribution in [3.8, 4) is 11.5 Å². The SMILES string of the molecule is COc1cc(C)ccc1O[C@H](C(=O)N(C)C)c1ccccc1. The van der Waals surface area contributed by atoms with Gasteiger partial charge in [-0.05, 0) is 24.6 Å². The molecular weight excluding hydrogens is 278 g/mol. The van der Waals surface area contributed by atoms with E-state index in [1.54, 1.807) is 21.2 Å². The molecule has 0 aromatic heterocycles. The van der Waals surface area contributed by atoms with E-state index in [2.05, 4.69) is 0 Å². The quantitative estimate of drug-likeness (QED) is 0.851. The Morgan fingerprint density at radius 3 is 2.32 bits per heavy atom. The summed E-state index contributed by atoms with van der Waals surface area (Å²) in [5.41, 5.74) is 1.88. The van der Waals surface area contributed by atoms with E-state index in [4.69, 9.17) is 9.47 Å². The Kier molecular flexibility index (Phi) is 5.04. The van der Waals surface area contributed by atoms with E-state index in [-0.39, 0.29) is 5.91 Å². The summed E-state index contributed by atoms with van der Waals surface area (Å²) < 4.78 is 11.3. The summed E-state index contributed by atoms with van der Waals surface area (Å²) in [7, 11) is 5.02. The van der Waals surface area contributed by atoms with Gasteiger partial charge in [-0.3, -0.25) is 4.79 Å². The van der Waals surface area contributed by atoms with Crippen molar-refractivity contribution < 1.29 is 14.3 Å². The van der Waals surface area contributed by atoms with Crippen LogP contribution in [0.2, 0.25) is 0 Å². The third kappa shape index (κ3) is 3.58. The Balaban J connectivity index is 2.37. The lowest BCUT2D eigenvalue weighted by Crippen LogP contribution is -2.31. The van der Waals surface area contributed by atoms with Crippen molar-refractivity contribution >= 4 is 5.91 Å². The summed E-state index contributed by atoms with van der Waals surface area (Å²) in [6.07, 6.45) is -0.701. The van der Waals surface area contributed by atoms with Gasteiger partial charge in [0.25, 0.3) is 5.91 Å². The fourth-order valence-electron chi connectivity index (χ4n) is 2.12. The molecule has 1 amide bonds. The van der Waals surface area contributed by atoms with Gasteiger partial charge in [0.2, 0.25) is 6.10 Å². The monoisotopic (exact) mass is 299 g/mol. The molecule has 4 nitrogen and oxygen atoms in total. The van der Waals surface area contributed by atoms with Gasteiger partial charge in [-0.15, -0.1) is 0 Å². The zero-order valence-electron chi connectivity index (χ0n) is 13.4. The summed E-state index contributed by atoms with van der Waals surface area (Å²) in [6, 6.07) is 15.1. The zero-order chi connectivity index (χ0) is 16.1. The number of likely N-dealkylation sites (N-methyl/N-ethyl adjacent to an activating group) is 1. The molecule has 22 heavy (non-hydrogen) atoms. The van der Waals surface area contributed by atoms with Crippen molar-refractivity contribution in [2.24, 2.45) is 0 Å². The maximum absolute atomic E-state index is 12.5. The topological polar surface area (TPSA) is 38.8 Å². The van der Waals surface area contributed by atoms with Gasteiger partial charge in [0, 0.05) is 19.7 Å². The molecule has 0 radical (unpaired) electrons. The molecule has 0 heterocycles. The van der Waals surface area contributed by atoms with Crippen LogP contribution in [0.3, 0.4) is 0 Å². The summed E-state index contributed by atoms with van der Waals surface area (Å²) in [6.45, 7) is 1.98. The first-order chi connectivity index (χ1) is 10.5. The standard InChI is InChI=1S/C18H21NO3/c1-13-10-11-15(16(12-13)21-4)22-17(18(20)19(2)3)14-8-6-5-7-9-14/h5-12,17H,1-4H3/t17-/m0/s1. The van der Waals surface area contributed by atoms with Crippen LogP contribution in [-0.2, 0) is 4.79 Å². The van der Waals surface area contributed by atoms with Crippen LogP contribution in [0.5, 0.6) is 11.5 Å². The molecule has 0 saturated heterocycles. The van der Waals surface area contributed by atoms with Crippen LogP contribution in [0.1, 0.15) is 17.2 Å². The minimum Gasteiger partial charge on any atom is -0.493 e. The van der Waals surface area contributed by atoms with Gasteiger partial charge >= 0.3 is 0 Å². The van der Waals surface area contributed by atoms with E-state index in [0.717, 1.165) is 11.1 Å². The van der Waals surface area contributed by atoms with Gasteiger partial charge in [0.15, 0.2) is 11.5 Å². The van der Waals surface area contributed by atoms with Gasteiger partial charge in [-0.2, -0.15) is 0 Å². The van der Waals surface area contributed by atoms with Crippen LogP contribution >= 0.6 is 0 Å². The molecule has 0 bridgehead atoms. The molecule has 0 spiro atoms. The highest BCUT2D eigenvalue weighted by atomic mass is 16.5. The van der Waals surface area contributed by atoms with Gasteiger partial charge in [-0.1, -0.05) is 36.4 Å². The number of carbonyl (C=O) groups is 1. The van der Waals surface area contributed by atoms with E-state index in [0.29, 0.717) is 11.5 Å². The number of benzene rings is 2. The number of ether oxygens (including phenoxy) is 2. The Morgan fingerprint density at radius 2 is 1.73 bits per heavy atom. The van der Waals surface area contributed by atoms with Gasteiger partial charge in [0.1, 0.15) is 0 Å². The maximum Gasteiger partial charge on any atom is 0.267 e. The molecule has 0 aliphatic rings. The number of aryl methyl sites for hydroxylation is 1. The number of rotatable bonds is 5. The van der Waals surface area contributed by atoms with Crippen molar-refractivity contribution in [3.63, 3.8) is 0 Å². The minimum absolute atomic E-state index is 0.117. The lowest BCUT2D eigenvalue weighted by atomic mass is 10.1. The first-order valence-corrected chi connectivity index (χ1v) is 7.10. The van der Waals surface area contributed by atoms with Crippen molar-refractivity contribution in [2.75, 3.05) is 21.2 Å². The van der Waals surface area contributed by atoms with Crippen molar-refractivity contribution in [1.29, 1.82) is 0 Å². The number of hydrogen-bond donors (Lipinski definition) is 0. The normalized spacial score (nSPS) is 11.6. The number of methoxy groups -OCH3 is 1. The molecule has 4 heteroatoms. The van der Waals surface area contributed by atoms with Crippen LogP contribution < -0.4 is 9.47 Å². The average Bonchev–Trinajstić information content (AvgIpc) is 2.53. The highest BCUT2D eigenvalue weighted by Gasteiger charge is 2.25. The third-order valence-electron chi connectivity index (χ3n) is 3.33. The summed E-state index contributed by atoms with van der Waals surface area (Å²) in [5.74, 6) is 1.05. The Bertz CT molecular complexity index is 638. The molecule has 0 fully saturated rings. The van der Waals surface area contributed by atoms with Crippen molar-refractivity contribution in [1.82, 2.24) is 4.90 Å². The summed E-state index contributed by atoms with van der Waals surface area (Å²) in [4.78, 5) is 14.0. The average molecular weight is 299 g/mol. The summed E-state index contributed by atoms with van der Waals surface area (Å²) in [5, 5.41) is 0. The van der Waals surface area contributed by atoms with Gasteiger partial charge in [-0.25, -0.2) is 0 Å². The van der Waals surface area contributed by atoms with Crippen molar-refractivity contribution in [3.05, 3.63) is 59.7 Å². The Labute approximate surface area is 131 Å². The second-order valence-corrected chi connectivity index (χ2v) is 5.30. The van der Waals surface area contributed by atoms with E-state index >= 15 is 0 Å². The number of amides is 1. The lowest BCUT2D eigenvalue weighted by Gasteiger charge is -2.23. The molecule has 116 valence electrons. The maximum atomic E-state index is 12.5. The van der Waals surface area contributed by atoms with E-state index in [1.165, 1.54) is 4.90 Å². The third-order valence-corrected chi connectivity index (χ3v) is 3.33. The second kappa shape index (κ2) is 6.98. The van der Waals surface area contributed by atoms with Gasteiger partial charge < -0.3 is 14.4 Å². The van der Waals surface area contributed by atoms with Crippen LogP contribution in [0.4, 0.5) is 0 Å². The van der Waals surface area contributed by atoms with Crippen LogP contribution in [-0.4, -0.2) is 32.0 Å². The van der Waals surface area contributed by atoms with E-state index < -0.39 is 6.10 Å². The number of hydrogen-bond acceptors (Lipinski definition) is 3. The molecule has 1 atom stereocenters. The molecule has 2 rings (SSSR count). The molecule has 0 aliphatic carbocycles. The van der Waals surface area contributed by atoms with Crippen molar-refractivity contribution in [2.45, 2.75) is 13.0 Å². The molecule has 0 unspecified atom stereocenters.